The van der Waals surface area contributed by atoms with Gasteiger partial charge in [0.1, 0.15) is 0 Å². The number of piperazine rings is 1. The van der Waals surface area contributed by atoms with Crippen molar-refractivity contribution in [1.82, 2.24) is 10.2 Å². The van der Waals surface area contributed by atoms with Gasteiger partial charge >= 0.3 is 0 Å². The smallest absolute Gasteiger partial charge is 0.226 e. The number of benzene rings is 1. The van der Waals surface area contributed by atoms with Crippen molar-refractivity contribution in [3.8, 4) is 0 Å². The second kappa shape index (κ2) is 6.77. The van der Waals surface area contributed by atoms with Crippen LogP contribution in [0.15, 0.2) is 24.3 Å². The molecule has 0 aliphatic carbocycles. The predicted octanol–water partition coefficient (Wildman–Crippen LogP) is 2.24. The summed E-state index contributed by atoms with van der Waals surface area (Å²) in [5.74, 6) is 0.378. The molecule has 5 heteroatoms. The number of halogens is 1. The van der Waals surface area contributed by atoms with Crippen LogP contribution < -0.4 is 5.32 Å². The van der Waals surface area contributed by atoms with Crippen LogP contribution in [0, 0.1) is 5.92 Å². The van der Waals surface area contributed by atoms with E-state index in [0.29, 0.717) is 13.2 Å². The molecule has 1 aromatic carbocycles. The number of carbonyl (C=O) groups excluding carboxylic acids is 1. The topological polar surface area (TPSA) is 41.6 Å². The first-order valence-corrected chi connectivity index (χ1v) is 7.98. The summed E-state index contributed by atoms with van der Waals surface area (Å²) in [7, 11) is 0. The van der Waals surface area contributed by atoms with Gasteiger partial charge in [-0.3, -0.25) is 4.79 Å². The SMILES string of the molecule is O=C(C1CCOCC1)N1CCNCC1c1cccc(Cl)c1. The van der Waals surface area contributed by atoms with E-state index >= 15 is 0 Å². The van der Waals surface area contributed by atoms with Gasteiger partial charge < -0.3 is 15.0 Å². The van der Waals surface area contributed by atoms with E-state index in [0.717, 1.165) is 43.1 Å². The summed E-state index contributed by atoms with van der Waals surface area (Å²) in [6.07, 6.45) is 1.68. The van der Waals surface area contributed by atoms with E-state index in [2.05, 4.69) is 5.32 Å². The molecule has 2 fully saturated rings. The van der Waals surface area contributed by atoms with Crippen LogP contribution in [-0.2, 0) is 9.53 Å². The van der Waals surface area contributed by atoms with Crippen molar-refractivity contribution in [3.05, 3.63) is 34.9 Å². The largest absolute Gasteiger partial charge is 0.381 e. The van der Waals surface area contributed by atoms with E-state index in [1.807, 2.05) is 29.2 Å². The molecule has 0 saturated carbocycles. The lowest BCUT2D eigenvalue weighted by Crippen LogP contribution is -2.51. The maximum absolute atomic E-state index is 12.8. The molecule has 0 aromatic heterocycles. The van der Waals surface area contributed by atoms with Gasteiger partial charge in [-0.15, -0.1) is 0 Å². The molecule has 2 heterocycles. The highest BCUT2D eigenvalue weighted by Gasteiger charge is 2.33. The van der Waals surface area contributed by atoms with Crippen LogP contribution in [0.2, 0.25) is 5.02 Å². The maximum atomic E-state index is 12.8. The van der Waals surface area contributed by atoms with Gasteiger partial charge in [-0.05, 0) is 30.5 Å². The molecule has 4 nitrogen and oxygen atoms in total. The summed E-state index contributed by atoms with van der Waals surface area (Å²) in [5.41, 5.74) is 1.11. The summed E-state index contributed by atoms with van der Waals surface area (Å²) in [5, 5.41) is 4.10. The molecule has 1 aromatic rings. The first-order chi connectivity index (χ1) is 10.3. The van der Waals surface area contributed by atoms with Crippen LogP contribution in [0.1, 0.15) is 24.4 Å². The van der Waals surface area contributed by atoms with Gasteiger partial charge in [-0.1, -0.05) is 23.7 Å². The molecule has 114 valence electrons. The van der Waals surface area contributed by atoms with E-state index < -0.39 is 0 Å². The first kappa shape index (κ1) is 14.8. The van der Waals surface area contributed by atoms with Crippen molar-refractivity contribution in [3.63, 3.8) is 0 Å². The van der Waals surface area contributed by atoms with Crippen LogP contribution >= 0.6 is 11.6 Å². The van der Waals surface area contributed by atoms with Crippen molar-refractivity contribution in [1.29, 1.82) is 0 Å². The second-order valence-corrected chi connectivity index (χ2v) is 6.13. The van der Waals surface area contributed by atoms with Gasteiger partial charge in [0.25, 0.3) is 0 Å². The fourth-order valence-electron chi connectivity index (χ4n) is 3.16. The van der Waals surface area contributed by atoms with E-state index in [1.165, 1.54) is 0 Å². The van der Waals surface area contributed by atoms with Crippen LogP contribution in [0.25, 0.3) is 0 Å². The number of hydrogen-bond acceptors (Lipinski definition) is 3. The Kier molecular flexibility index (Phi) is 4.78. The standard InChI is InChI=1S/C16H21ClN2O2/c17-14-3-1-2-13(10-14)15-11-18-6-7-19(15)16(20)12-4-8-21-9-5-12/h1-3,10,12,15,18H,4-9,11H2. The van der Waals surface area contributed by atoms with Crippen molar-refractivity contribution < 1.29 is 9.53 Å². The van der Waals surface area contributed by atoms with E-state index in [-0.39, 0.29) is 17.9 Å². The Balaban J connectivity index is 1.79. The minimum atomic E-state index is 0.0767. The zero-order chi connectivity index (χ0) is 14.7. The zero-order valence-corrected chi connectivity index (χ0v) is 12.8. The summed E-state index contributed by atoms with van der Waals surface area (Å²) in [4.78, 5) is 14.9. The highest BCUT2D eigenvalue weighted by molar-refractivity contribution is 6.30. The Morgan fingerprint density at radius 1 is 1.33 bits per heavy atom. The van der Waals surface area contributed by atoms with E-state index in [1.54, 1.807) is 0 Å². The molecule has 1 N–H and O–H groups in total. The third-order valence-corrected chi connectivity index (χ3v) is 4.57. The molecule has 2 aliphatic heterocycles. The maximum Gasteiger partial charge on any atom is 0.226 e. The van der Waals surface area contributed by atoms with Gasteiger partial charge in [-0.2, -0.15) is 0 Å². The van der Waals surface area contributed by atoms with Gasteiger partial charge in [0.15, 0.2) is 0 Å². The molecule has 0 bridgehead atoms. The van der Waals surface area contributed by atoms with Gasteiger partial charge in [0.05, 0.1) is 6.04 Å². The normalized spacial score (nSPS) is 24.0. The number of ether oxygens (including phenoxy) is 1. The highest BCUT2D eigenvalue weighted by Crippen LogP contribution is 2.28. The van der Waals surface area contributed by atoms with Crippen LogP contribution in [0.4, 0.5) is 0 Å². The van der Waals surface area contributed by atoms with Crippen molar-refractivity contribution in [2.75, 3.05) is 32.8 Å². The average molecular weight is 309 g/mol. The number of hydrogen-bond donors (Lipinski definition) is 1. The van der Waals surface area contributed by atoms with E-state index in [9.17, 15) is 4.79 Å². The molecule has 0 spiro atoms. The van der Waals surface area contributed by atoms with Crippen molar-refractivity contribution >= 4 is 17.5 Å². The molecule has 1 amide bonds. The third-order valence-electron chi connectivity index (χ3n) is 4.33. The molecule has 3 rings (SSSR count). The molecular weight excluding hydrogens is 288 g/mol. The highest BCUT2D eigenvalue weighted by atomic mass is 35.5. The summed E-state index contributed by atoms with van der Waals surface area (Å²) in [6.45, 7) is 3.79. The summed E-state index contributed by atoms with van der Waals surface area (Å²) in [6, 6.07) is 7.90. The number of nitrogens with one attached hydrogen (secondary N) is 1. The Morgan fingerprint density at radius 3 is 2.90 bits per heavy atom. The van der Waals surface area contributed by atoms with Crippen LogP contribution in [0.5, 0.6) is 0 Å². The second-order valence-electron chi connectivity index (χ2n) is 5.69. The van der Waals surface area contributed by atoms with Crippen molar-refractivity contribution in [2.24, 2.45) is 5.92 Å². The minimum absolute atomic E-state index is 0.0767. The lowest BCUT2D eigenvalue weighted by molar-refractivity contribution is -0.142. The quantitative estimate of drug-likeness (QED) is 0.911. The Labute approximate surface area is 130 Å². The molecule has 0 radical (unpaired) electrons. The molecule has 2 saturated heterocycles. The number of nitrogens with zero attached hydrogens (tertiary/aromatic N) is 1. The Morgan fingerprint density at radius 2 is 2.14 bits per heavy atom. The lowest BCUT2D eigenvalue weighted by atomic mass is 9.95. The minimum Gasteiger partial charge on any atom is -0.381 e. The molecule has 2 aliphatic rings. The lowest BCUT2D eigenvalue weighted by Gasteiger charge is -2.39. The molecule has 1 unspecified atom stereocenters. The molecular formula is C16H21ClN2O2. The van der Waals surface area contributed by atoms with Crippen LogP contribution in [0.3, 0.4) is 0 Å². The fraction of sp³-hybridized carbons (Fsp3) is 0.562. The number of rotatable bonds is 2. The molecule has 21 heavy (non-hydrogen) atoms. The van der Waals surface area contributed by atoms with Gasteiger partial charge in [0.2, 0.25) is 5.91 Å². The monoisotopic (exact) mass is 308 g/mol. The Bertz CT molecular complexity index is 503. The Hall–Kier alpha value is -1.10. The predicted molar refractivity (Wildman–Crippen MR) is 82.3 cm³/mol. The van der Waals surface area contributed by atoms with Gasteiger partial charge in [0, 0.05) is 43.8 Å². The molecule has 1 atom stereocenters. The number of carbonyl (C=O) groups is 1. The fourth-order valence-corrected chi connectivity index (χ4v) is 3.36. The van der Waals surface area contributed by atoms with Crippen molar-refractivity contribution in [2.45, 2.75) is 18.9 Å². The van der Waals surface area contributed by atoms with Crippen LogP contribution in [-0.4, -0.2) is 43.7 Å². The number of amides is 1. The third kappa shape index (κ3) is 3.39. The van der Waals surface area contributed by atoms with E-state index in [4.69, 9.17) is 16.3 Å². The summed E-state index contributed by atoms with van der Waals surface area (Å²) >= 11 is 6.10. The summed E-state index contributed by atoms with van der Waals surface area (Å²) < 4.78 is 5.36. The average Bonchev–Trinajstić information content (AvgIpc) is 2.55. The zero-order valence-electron chi connectivity index (χ0n) is 12.1. The van der Waals surface area contributed by atoms with Gasteiger partial charge in [-0.25, -0.2) is 0 Å². The first-order valence-electron chi connectivity index (χ1n) is 7.60.